The summed E-state index contributed by atoms with van der Waals surface area (Å²) in [4.78, 5) is 12.1. The first-order chi connectivity index (χ1) is 12.8. The summed E-state index contributed by atoms with van der Waals surface area (Å²) in [5, 5.41) is 0. The summed E-state index contributed by atoms with van der Waals surface area (Å²) in [6.45, 7) is 9.15. The van der Waals surface area contributed by atoms with Crippen LogP contribution in [0.5, 0.6) is 5.75 Å². The van der Waals surface area contributed by atoms with Crippen molar-refractivity contribution in [3.8, 4) is 5.75 Å². The Bertz CT molecular complexity index is 752. The molecule has 1 aromatic rings. The number of carbonyl (C=O) groups is 1. The highest BCUT2D eigenvalue weighted by atomic mass is 32.2. The van der Waals surface area contributed by atoms with Crippen LogP contribution in [-0.2, 0) is 19.6 Å². The molecule has 0 saturated carbocycles. The van der Waals surface area contributed by atoms with Crippen molar-refractivity contribution in [2.24, 2.45) is 5.92 Å². The quantitative estimate of drug-likeness (QED) is 0.496. The first-order valence-corrected chi connectivity index (χ1v) is 11.2. The Morgan fingerprint density at radius 2 is 1.78 bits per heavy atom. The number of piperidine rings is 1. The number of aryl methyl sites for hydroxylation is 2. The molecule has 0 unspecified atom stereocenters. The van der Waals surface area contributed by atoms with Gasteiger partial charge in [-0.15, -0.1) is 0 Å². The first kappa shape index (κ1) is 21.7. The van der Waals surface area contributed by atoms with Gasteiger partial charge in [0.2, 0.25) is 10.0 Å². The lowest BCUT2D eigenvalue weighted by Gasteiger charge is -2.30. The number of ether oxygens (including phenoxy) is 2. The summed E-state index contributed by atoms with van der Waals surface area (Å²) >= 11 is 0. The summed E-state index contributed by atoms with van der Waals surface area (Å²) < 4.78 is 38.8. The van der Waals surface area contributed by atoms with Gasteiger partial charge in [-0.05, 0) is 63.3 Å². The molecule has 0 radical (unpaired) electrons. The van der Waals surface area contributed by atoms with Crippen molar-refractivity contribution in [1.82, 2.24) is 4.31 Å². The van der Waals surface area contributed by atoms with E-state index in [0.29, 0.717) is 44.9 Å². The maximum absolute atomic E-state index is 13.2. The monoisotopic (exact) mass is 397 g/mol. The summed E-state index contributed by atoms with van der Waals surface area (Å²) in [7, 11) is -3.67. The first-order valence-electron chi connectivity index (χ1n) is 9.72. The average Bonchev–Trinajstić information content (AvgIpc) is 2.64. The highest BCUT2D eigenvalue weighted by Crippen LogP contribution is 2.32. The van der Waals surface area contributed by atoms with E-state index in [-0.39, 0.29) is 16.8 Å². The fourth-order valence-electron chi connectivity index (χ4n) is 3.14. The van der Waals surface area contributed by atoms with Crippen LogP contribution < -0.4 is 4.74 Å². The van der Waals surface area contributed by atoms with E-state index in [1.807, 2.05) is 19.9 Å². The normalized spacial score (nSPS) is 16.3. The minimum absolute atomic E-state index is 0.219. The molecule has 27 heavy (non-hydrogen) atoms. The molecule has 7 heteroatoms. The highest BCUT2D eigenvalue weighted by molar-refractivity contribution is 7.89. The van der Waals surface area contributed by atoms with Gasteiger partial charge in [-0.25, -0.2) is 8.42 Å². The molecule has 0 aliphatic carbocycles. The summed E-state index contributed by atoms with van der Waals surface area (Å²) in [5.74, 6) is -0.0418. The number of benzene rings is 1. The lowest BCUT2D eigenvalue weighted by molar-refractivity contribution is -0.149. The van der Waals surface area contributed by atoms with Crippen molar-refractivity contribution in [1.29, 1.82) is 0 Å². The van der Waals surface area contributed by atoms with E-state index < -0.39 is 10.0 Å². The number of carbonyl (C=O) groups excluding carboxylic acids is 1. The highest BCUT2D eigenvalue weighted by Gasteiger charge is 2.34. The van der Waals surface area contributed by atoms with Crippen LogP contribution in [0.3, 0.4) is 0 Å². The third-order valence-electron chi connectivity index (χ3n) is 5.01. The van der Waals surface area contributed by atoms with E-state index in [9.17, 15) is 13.2 Å². The lowest BCUT2D eigenvalue weighted by atomic mass is 9.98. The standard InChI is InChI=1S/C20H31NO5S/c1-5-7-12-26-18-13-15(3)16(4)14-19(18)27(23,24)21-10-8-17(9-11-21)20(22)25-6-2/h13-14,17H,5-12H2,1-4H3. The Balaban J connectivity index is 2.21. The third-order valence-corrected chi connectivity index (χ3v) is 6.93. The Morgan fingerprint density at radius 3 is 2.37 bits per heavy atom. The van der Waals surface area contributed by atoms with Crippen molar-refractivity contribution < 1.29 is 22.7 Å². The maximum Gasteiger partial charge on any atom is 0.309 e. The molecule has 0 N–H and O–H groups in total. The van der Waals surface area contributed by atoms with Crippen LogP contribution in [0.4, 0.5) is 0 Å². The predicted molar refractivity (Wildman–Crippen MR) is 104 cm³/mol. The molecule has 0 bridgehead atoms. The van der Waals surface area contributed by atoms with Crippen molar-refractivity contribution >= 4 is 16.0 Å². The molecule has 2 rings (SSSR count). The molecular weight excluding hydrogens is 366 g/mol. The number of hydrogen-bond acceptors (Lipinski definition) is 5. The molecule has 0 amide bonds. The smallest absolute Gasteiger partial charge is 0.309 e. The predicted octanol–water partition coefficient (Wildman–Crippen LogP) is 3.45. The number of hydrogen-bond donors (Lipinski definition) is 0. The second kappa shape index (κ2) is 9.55. The second-order valence-electron chi connectivity index (χ2n) is 7.02. The molecule has 0 spiro atoms. The number of esters is 1. The Labute approximate surface area is 162 Å². The van der Waals surface area contributed by atoms with Crippen LogP contribution in [0.1, 0.15) is 50.7 Å². The van der Waals surface area contributed by atoms with Gasteiger partial charge in [0.25, 0.3) is 0 Å². The van der Waals surface area contributed by atoms with E-state index in [0.717, 1.165) is 24.0 Å². The topological polar surface area (TPSA) is 72.9 Å². The number of nitrogens with zero attached hydrogens (tertiary/aromatic N) is 1. The van der Waals surface area contributed by atoms with E-state index in [1.54, 1.807) is 13.0 Å². The minimum atomic E-state index is -3.67. The van der Waals surface area contributed by atoms with Crippen LogP contribution >= 0.6 is 0 Å². The van der Waals surface area contributed by atoms with Crippen LogP contribution in [0.2, 0.25) is 0 Å². The van der Waals surface area contributed by atoms with Gasteiger partial charge in [0.05, 0.1) is 19.1 Å². The van der Waals surface area contributed by atoms with Crippen LogP contribution in [0.25, 0.3) is 0 Å². The van der Waals surface area contributed by atoms with Crippen molar-refractivity contribution in [2.45, 2.75) is 58.3 Å². The van der Waals surface area contributed by atoms with E-state index in [1.165, 1.54) is 4.31 Å². The zero-order valence-corrected chi connectivity index (χ0v) is 17.6. The van der Waals surface area contributed by atoms with Crippen molar-refractivity contribution in [3.05, 3.63) is 23.3 Å². The molecule has 1 aliphatic heterocycles. The molecular formula is C20H31NO5S. The van der Waals surface area contributed by atoms with Gasteiger partial charge in [-0.1, -0.05) is 13.3 Å². The van der Waals surface area contributed by atoms with Crippen LogP contribution in [-0.4, -0.2) is 45.0 Å². The van der Waals surface area contributed by atoms with Gasteiger partial charge in [0, 0.05) is 13.1 Å². The molecule has 1 heterocycles. The van der Waals surface area contributed by atoms with Crippen LogP contribution in [0.15, 0.2) is 17.0 Å². The number of sulfonamides is 1. The average molecular weight is 398 g/mol. The number of rotatable bonds is 8. The Hall–Kier alpha value is -1.60. The summed E-state index contributed by atoms with van der Waals surface area (Å²) in [6.07, 6.45) is 2.81. The Kier molecular flexibility index (Phi) is 7.68. The Morgan fingerprint density at radius 1 is 1.15 bits per heavy atom. The van der Waals surface area contributed by atoms with Gasteiger partial charge >= 0.3 is 5.97 Å². The molecule has 1 aliphatic rings. The molecule has 0 atom stereocenters. The fourth-order valence-corrected chi connectivity index (χ4v) is 4.80. The van der Waals surface area contributed by atoms with Crippen LogP contribution in [0, 0.1) is 19.8 Å². The number of unbranched alkanes of at least 4 members (excludes halogenated alkanes) is 1. The van der Waals surface area contributed by atoms with Crippen molar-refractivity contribution in [2.75, 3.05) is 26.3 Å². The van der Waals surface area contributed by atoms with Gasteiger partial charge in [-0.2, -0.15) is 4.31 Å². The van der Waals surface area contributed by atoms with Crippen molar-refractivity contribution in [3.63, 3.8) is 0 Å². The SMILES string of the molecule is CCCCOc1cc(C)c(C)cc1S(=O)(=O)N1CCC(C(=O)OCC)CC1. The van der Waals surface area contributed by atoms with Gasteiger partial charge in [0.1, 0.15) is 10.6 Å². The lowest BCUT2D eigenvalue weighted by Crippen LogP contribution is -2.40. The zero-order valence-electron chi connectivity index (χ0n) is 16.8. The molecule has 1 fully saturated rings. The van der Waals surface area contributed by atoms with Gasteiger partial charge in [0.15, 0.2) is 0 Å². The van der Waals surface area contributed by atoms with Gasteiger partial charge < -0.3 is 9.47 Å². The second-order valence-corrected chi connectivity index (χ2v) is 8.92. The minimum Gasteiger partial charge on any atom is -0.492 e. The molecule has 1 saturated heterocycles. The van der Waals surface area contributed by atoms with Gasteiger partial charge in [-0.3, -0.25) is 4.79 Å². The summed E-state index contributed by atoms with van der Waals surface area (Å²) in [6, 6.07) is 3.51. The largest absolute Gasteiger partial charge is 0.492 e. The fraction of sp³-hybridized carbons (Fsp3) is 0.650. The molecule has 6 nitrogen and oxygen atoms in total. The molecule has 1 aromatic carbocycles. The van der Waals surface area contributed by atoms with E-state index in [2.05, 4.69) is 6.92 Å². The maximum atomic E-state index is 13.2. The van der Waals surface area contributed by atoms with E-state index >= 15 is 0 Å². The van der Waals surface area contributed by atoms with E-state index in [4.69, 9.17) is 9.47 Å². The summed E-state index contributed by atoms with van der Waals surface area (Å²) in [5.41, 5.74) is 1.92. The third kappa shape index (κ3) is 5.23. The molecule has 152 valence electrons. The zero-order chi connectivity index (χ0) is 20.0. The molecule has 0 aromatic heterocycles.